The molecule has 4 heterocycles. The highest BCUT2D eigenvalue weighted by atomic mass is 32.1. The number of benzene rings is 1. The molecular weight excluding hydrogens is 392 g/mol. The van der Waals surface area contributed by atoms with Gasteiger partial charge < -0.3 is 9.47 Å². The van der Waals surface area contributed by atoms with Crippen molar-refractivity contribution in [3.63, 3.8) is 0 Å². The summed E-state index contributed by atoms with van der Waals surface area (Å²) in [6.07, 6.45) is 7.59. The molecule has 5 rings (SSSR count). The van der Waals surface area contributed by atoms with Crippen LogP contribution in [0.5, 0.6) is 0 Å². The first kappa shape index (κ1) is 18.6. The van der Waals surface area contributed by atoms with Crippen LogP contribution in [0.25, 0.3) is 17.6 Å². The molecule has 0 N–H and O–H groups in total. The molecule has 0 saturated carbocycles. The largest absolute Gasteiger partial charge is 0.329 e. The van der Waals surface area contributed by atoms with Gasteiger partial charge in [-0.05, 0) is 66.8 Å². The quantitative estimate of drug-likeness (QED) is 0.446. The van der Waals surface area contributed by atoms with Crippen molar-refractivity contribution in [2.75, 3.05) is 0 Å². The average Bonchev–Trinajstić information content (AvgIpc) is 3.51. The number of hydrogen-bond acceptors (Lipinski definition) is 3. The minimum atomic E-state index is 0.0117. The highest BCUT2D eigenvalue weighted by Crippen LogP contribution is 2.31. The van der Waals surface area contributed by atoms with Crippen molar-refractivity contribution < 1.29 is 4.79 Å². The number of thiophene rings is 1. The Kier molecular flexibility index (Phi) is 4.64. The third-order valence-electron chi connectivity index (χ3n) is 5.56. The zero-order valence-corrected chi connectivity index (χ0v) is 17.8. The Bertz CT molecular complexity index is 1230. The molecule has 1 aliphatic heterocycles. The lowest BCUT2D eigenvalue weighted by Gasteiger charge is -2.16. The molecule has 6 heteroatoms. The summed E-state index contributed by atoms with van der Waals surface area (Å²) in [7, 11) is 0. The van der Waals surface area contributed by atoms with Gasteiger partial charge in [-0.3, -0.25) is 4.79 Å². The van der Waals surface area contributed by atoms with Gasteiger partial charge in [0.1, 0.15) is 5.82 Å². The smallest absolute Gasteiger partial charge is 0.247 e. The van der Waals surface area contributed by atoms with E-state index in [9.17, 15) is 4.79 Å². The van der Waals surface area contributed by atoms with Gasteiger partial charge in [0.25, 0.3) is 0 Å². The third kappa shape index (κ3) is 3.29. The van der Waals surface area contributed by atoms with Gasteiger partial charge in [0.15, 0.2) is 0 Å². The third-order valence-corrected chi connectivity index (χ3v) is 6.40. The van der Waals surface area contributed by atoms with Gasteiger partial charge in [-0.15, -0.1) is 11.3 Å². The summed E-state index contributed by atoms with van der Waals surface area (Å²) in [6, 6.07) is 14.4. The number of nitrogens with zero attached hydrogens (tertiary/aromatic N) is 4. The number of amides is 1. The van der Waals surface area contributed by atoms with Gasteiger partial charge in [-0.1, -0.05) is 12.1 Å². The Labute approximate surface area is 179 Å². The second kappa shape index (κ2) is 7.46. The lowest BCUT2D eigenvalue weighted by Crippen LogP contribution is -2.24. The van der Waals surface area contributed by atoms with E-state index < -0.39 is 0 Å². The molecule has 1 aromatic carbocycles. The summed E-state index contributed by atoms with van der Waals surface area (Å²) < 4.78 is 4.08. The van der Waals surface area contributed by atoms with Crippen molar-refractivity contribution in [2.24, 2.45) is 0 Å². The number of aryl methyl sites for hydroxylation is 2. The predicted molar refractivity (Wildman–Crippen MR) is 120 cm³/mol. The standard InChI is InChI=1S/C24H22N4OS/c1-17-7-8-19(14-18(17)2)28-24(26-11-3-4-12-26)21-15-27(16-22(21)25-28)23(29)10-9-20-6-5-13-30-20/h3-14H,15-16H2,1-2H3/b10-9+. The lowest BCUT2D eigenvalue weighted by molar-refractivity contribution is -0.126. The van der Waals surface area contributed by atoms with Crippen LogP contribution in [0.1, 0.15) is 27.3 Å². The highest BCUT2D eigenvalue weighted by Gasteiger charge is 2.30. The maximum absolute atomic E-state index is 12.7. The van der Waals surface area contributed by atoms with Crippen LogP contribution < -0.4 is 0 Å². The Morgan fingerprint density at radius 2 is 1.90 bits per heavy atom. The van der Waals surface area contributed by atoms with Crippen LogP contribution in [-0.4, -0.2) is 25.2 Å². The fourth-order valence-corrected chi connectivity index (χ4v) is 4.40. The van der Waals surface area contributed by atoms with Gasteiger partial charge in [0, 0.05) is 28.9 Å². The molecule has 0 saturated heterocycles. The van der Waals surface area contributed by atoms with E-state index in [0.29, 0.717) is 13.1 Å². The molecule has 1 aliphatic rings. The second-order valence-electron chi connectivity index (χ2n) is 7.56. The molecule has 0 aliphatic carbocycles. The number of fused-ring (bicyclic) bond motifs is 1. The summed E-state index contributed by atoms with van der Waals surface area (Å²) in [4.78, 5) is 15.7. The first-order chi connectivity index (χ1) is 14.6. The monoisotopic (exact) mass is 414 g/mol. The Morgan fingerprint density at radius 3 is 2.63 bits per heavy atom. The van der Waals surface area contributed by atoms with Crippen LogP contribution in [0.4, 0.5) is 0 Å². The Balaban J connectivity index is 1.49. The van der Waals surface area contributed by atoms with Crippen LogP contribution >= 0.6 is 11.3 Å². The molecule has 0 fully saturated rings. The molecule has 0 unspecified atom stereocenters. The fourth-order valence-electron chi connectivity index (χ4n) is 3.78. The number of carbonyl (C=O) groups excluding carboxylic acids is 1. The summed E-state index contributed by atoms with van der Waals surface area (Å²) >= 11 is 1.62. The molecule has 5 nitrogen and oxygen atoms in total. The van der Waals surface area contributed by atoms with E-state index in [4.69, 9.17) is 5.10 Å². The minimum Gasteiger partial charge on any atom is -0.329 e. The van der Waals surface area contributed by atoms with E-state index in [2.05, 4.69) is 36.6 Å². The maximum atomic E-state index is 12.7. The van der Waals surface area contributed by atoms with Crippen molar-refractivity contribution in [1.82, 2.24) is 19.2 Å². The van der Waals surface area contributed by atoms with E-state index in [0.717, 1.165) is 27.6 Å². The molecule has 0 bridgehead atoms. The van der Waals surface area contributed by atoms with Gasteiger partial charge in [0.2, 0.25) is 5.91 Å². The molecule has 0 atom stereocenters. The number of carbonyl (C=O) groups is 1. The van der Waals surface area contributed by atoms with Crippen LogP contribution in [0.15, 0.2) is 66.3 Å². The van der Waals surface area contributed by atoms with Crippen LogP contribution in [0, 0.1) is 13.8 Å². The lowest BCUT2D eigenvalue weighted by atomic mass is 10.1. The van der Waals surface area contributed by atoms with Crippen LogP contribution in [0.2, 0.25) is 0 Å². The highest BCUT2D eigenvalue weighted by molar-refractivity contribution is 7.10. The zero-order valence-electron chi connectivity index (χ0n) is 16.9. The normalized spacial score (nSPS) is 13.3. The van der Waals surface area contributed by atoms with Crippen molar-refractivity contribution in [3.05, 3.63) is 93.6 Å². The van der Waals surface area contributed by atoms with Gasteiger partial charge in [0.05, 0.1) is 24.5 Å². The summed E-state index contributed by atoms with van der Waals surface area (Å²) in [5.74, 6) is 1.01. The molecule has 4 aromatic rings. The first-order valence-electron chi connectivity index (χ1n) is 9.92. The summed E-state index contributed by atoms with van der Waals surface area (Å²) in [6.45, 7) is 5.31. The van der Waals surface area contributed by atoms with Crippen LogP contribution in [-0.2, 0) is 17.9 Å². The minimum absolute atomic E-state index is 0.0117. The maximum Gasteiger partial charge on any atom is 0.247 e. The van der Waals surface area contributed by atoms with Crippen LogP contribution in [0.3, 0.4) is 0 Å². The van der Waals surface area contributed by atoms with Gasteiger partial charge in [-0.25, -0.2) is 4.68 Å². The van der Waals surface area contributed by atoms with E-state index >= 15 is 0 Å². The fraction of sp³-hybridized carbons (Fsp3) is 0.167. The van der Waals surface area contributed by atoms with Gasteiger partial charge >= 0.3 is 0 Å². The van der Waals surface area contributed by atoms with Crippen molar-refractivity contribution in [2.45, 2.75) is 26.9 Å². The first-order valence-corrected chi connectivity index (χ1v) is 10.8. The average molecular weight is 415 g/mol. The molecule has 3 aromatic heterocycles. The van der Waals surface area contributed by atoms with Crippen molar-refractivity contribution >= 4 is 23.3 Å². The van der Waals surface area contributed by atoms with E-state index in [1.807, 2.05) is 57.7 Å². The Morgan fingerprint density at radius 1 is 1.07 bits per heavy atom. The summed E-state index contributed by atoms with van der Waals surface area (Å²) in [5.41, 5.74) is 5.58. The molecule has 150 valence electrons. The Hall–Kier alpha value is -3.38. The van der Waals surface area contributed by atoms with E-state index in [-0.39, 0.29) is 5.91 Å². The predicted octanol–water partition coefficient (Wildman–Crippen LogP) is 4.90. The molecule has 0 spiro atoms. The molecule has 0 radical (unpaired) electrons. The van der Waals surface area contributed by atoms with Crippen molar-refractivity contribution in [3.8, 4) is 11.5 Å². The summed E-state index contributed by atoms with van der Waals surface area (Å²) in [5, 5.41) is 6.92. The number of hydrogen-bond donors (Lipinski definition) is 0. The van der Waals surface area contributed by atoms with E-state index in [1.54, 1.807) is 17.4 Å². The topological polar surface area (TPSA) is 43.1 Å². The number of aromatic nitrogens is 3. The molecule has 1 amide bonds. The van der Waals surface area contributed by atoms with E-state index in [1.165, 1.54) is 11.1 Å². The van der Waals surface area contributed by atoms with Gasteiger partial charge in [-0.2, -0.15) is 5.10 Å². The van der Waals surface area contributed by atoms with Crippen molar-refractivity contribution in [1.29, 1.82) is 0 Å². The zero-order chi connectivity index (χ0) is 20.7. The molecule has 30 heavy (non-hydrogen) atoms. The number of rotatable bonds is 4. The SMILES string of the molecule is Cc1ccc(-n2nc3c(c2-n2cccc2)CN(C(=O)/C=C/c2cccs2)C3)cc1C. The molecular formula is C24H22N4OS. The second-order valence-corrected chi connectivity index (χ2v) is 8.54.